The van der Waals surface area contributed by atoms with Crippen LogP contribution in [0.4, 0.5) is 5.88 Å². The van der Waals surface area contributed by atoms with Gasteiger partial charge in [-0.05, 0) is 34.1 Å². The molecule has 0 amide bonds. The summed E-state index contributed by atoms with van der Waals surface area (Å²) < 4.78 is 5.95. The lowest BCUT2D eigenvalue weighted by atomic mass is 10.2. The van der Waals surface area contributed by atoms with E-state index < -0.39 is 0 Å². The summed E-state index contributed by atoms with van der Waals surface area (Å²) in [5.74, 6) is 0.271. The third-order valence-electron chi connectivity index (χ3n) is 1.92. The number of benzene rings is 1. The van der Waals surface area contributed by atoms with E-state index in [0.717, 1.165) is 4.47 Å². The topological polar surface area (TPSA) is 75.8 Å². The lowest BCUT2D eigenvalue weighted by Crippen LogP contribution is -1.84. The molecule has 0 atom stereocenters. The fourth-order valence-electron chi connectivity index (χ4n) is 1.19. The zero-order chi connectivity index (χ0) is 11.7. The highest BCUT2D eigenvalue weighted by molar-refractivity contribution is 9.10. The van der Waals surface area contributed by atoms with Crippen molar-refractivity contribution < 1.29 is 4.42 Å². The molecule has 2 N–H and O–H groups in total. The van der Waals surface area contributed by atoms with Crippen molar-refractivity contribution in [2.75, 3.05) is 5.73 Å². The number of nitrogens with zero attached hydrogens (tertiary/aromatic N) is 2. The fraction of sp³-hybridized carbons (Fsp3) is 0. The minimum Gasteiger partial charge on any atom is -0.419 e. The van der Waals surface area contributed by atoms with Gasteiger partial charge in [0.05, 0.1) is 5.56 Å². The van der Waals surface area contributed by atoms with Gasteiger partial charge >= 0.3 is 0 Å². The van der Waals surface area contributed by atoms with Crippen molar-refractivity contribution in [1.82, 2.24) is 4.98 Å². The van der Waals surface area contributed by atoms with E-state index in [1.54, 1.807) is 18.2 Å². The molecule has 6 heteroatoms. The summed E-state index contributed by atoms with van der Waals surface area (Å²) in [6, 6.07) is 7.02. The first kappa shape index (κ1) is 11.0. The summed E-state index contributed by atoms with van der Waals surface area (Å²) in [4.78, 5) is 3.96. The van der Waals surface area contributed by atoms with E-state index >= 15 is 0 Å². The molecule has 1 heterocycles. The minimum absolute atomic E-state index is 0.00405. The first-order chi connectivity index (χ1) is 7.61. The highest BCUT2D eigenvalue weighted by Gasteiger charge is 2.14. The molecule has 1 aromatic heterocycles. The fourth-order valence-corrected chi connectivity index (χ4v) is 1.78. The molecule has 2 rings (SSSR count). The van der Waals surface area contributed by atoms with E-state index in [9.17, 15) is 0 Å². The Balaban J connectivity index is 2.59. The molecule has 1 aromatic carbocycles. The number of anilines is 1. The summed E-state index contributed by atoms with van der Waals surface area (Å²) in [6.07, 6.45) is 0. The summed E-state index contributed by atoms with van der Waals surface area (Å²) in [5, 5.41) is 9.26. The molecular formula is C10H5BrClN3O. The molecule has 4 nitrogen and oxygen atoms in total. The van der Waals surface area contributed by atoms with Gasteiger partial charge in [-0.1, -0.05) is 11.6 Å². The second kappa shape index (κ2) is 4.16. The Labute approximate surface area is 105 Å². The van der Waals surface area contributed by atoms with Crippen LogP contribution >= 0.6 is 27.5 Å². The van der Waals surface area contributed by atoms with Crippen LogP contribution in [0.3, 0.4) is 0 Å². The van der Waals surface area contributed by atoms with Gasteiger partial charge in [-0.15, -0.1) is 0 Å². The smallest absolute Gasteiger partial charge is 0.231 e. The Hall–Kier alpha value is -1.51. The van der Waals surface area contributed by atoms with Crippen LogP contribution < -0.4 is 5.73 Å². The van der Waals surface area contributed by atoms with Crippen LogP contribution in [-0.2, 0) is 0 Å². The maximum absolute atomic E-state index is 8.71. The van der Waals surface area contributed by atoms with Crippen molar-refractivity contribution in [1.29, 1.82) is 5.26 Å². The predicted molar refractivity (Wildman–Crippen MR) is 63.8 cm³/mol. The molecule has 0 radical (unpaired) electrons. The molecule has 2 aromatic rings. The summed E-state index contributed by atoms with van der Waals surface area (Å²) in [5.41, 5.74) is 6.20. The highest BCUT2D eigenvalue weighted by Crippen LogP contribution is 2.31. The van der Waals surface area contributed by atoms with Gasteiger partial charge in [-0.3, -0.25) is 0 Å². The number of hydrogen-bond acceptors (Lipinski definition) is 4. The molecule has 0 fully saturated rings. The number of nitrogen functional groups attached to an aromatic ring is 1. The van der Waals surface area contributed by atoms with E-state index in [-0.39, 0.29) is 17.5 Å². The average molecular weight is 299 g/mol. The summed E-state index contributed by atoms with van der Waals surface area (Å²) >= 11 is 9.20. The van der Waals surface area contributed by atoms with Crippen molar-refractivity contribution in [3.8, 4) is 17.5 Å². The van der Waals surface area contributed by atoms with E-state index in [1.165, 1.54) is 0 Å². The number of rotatable bonds is 1. The lowest BCUT2D eigenvalue weighted by Gasteiger charge is -1.99. The molecule has 0 aliphatic rings. The van der Waals surface area contributed by atoms with Crippen LogP contribution in [0.1, 0.15) is 5.69 Å². The largest absolute Gasteiger partial charge is 0.419 e. The quantitative estimate of drug-likeness (QED) is 0.877. The van der Waals surface area contributed by atoms with Crippen LogP contribution in [0.2, 0.25) is 5.02 Å². The number of nitrogens with two attached hydrogens (primary N) is 1. The monoisotopic (exact) mass is 297 g/mol. The van der Waals surface area contributed by atoms with Crippen molar-refractivity contribution in [3.05, 3.63) is 33.4 Å². The van der Waals surface area contributed by atoms with Crippen LogP contribution in [0, 0.1) is 11.3 Å². The molecule has 80 valence electrons. The maximum Gasteiger partial charge on any atom is 0.231 e. The minimum atomic E-state index is 0.00405. The van der Waals surface area contributed by atoms with E-state index in [2.05, 4.69) is 20.9 Å². The molecule has 0 unspecified atom stereocenters. The first-order valence-electron chi connectivity index (χ1n) is 4.23. The molecule has 0 bridgehead atoms. The maximum atomic E-state index is 8.71. The number of halogens is 2. The first-order valence-corrected chi connectivity index (χ1v) is 5.40. The standard InChI is InChI=1S/C10H5BrClN3O/c11-7-2-1-5(12)3-6(7)10-15-8(4-13)9(14)16-10/h1-3H,14H2. The Morgan fingerprint density at radius 2 is 2.25 bits per heavy atom. The van der Waals surface area contributed by atoms with Gasteiger partial charge in [0.15, 0.2) is 0 Å². The van der Waals surface area contributed by atoms with Crippen LogP contribution in [0.15, 0.2) is 27.1 Å². The SMILES string of the molecule is N#Cc1nc(-c2cc(Cl)ccc2Br)oc1N. The van der Waals surface area contributed by atoms with Gasteiger partial charge in [0, 0.05) is 9.50 Å². The van der Waals surface area contributed by atoms with Gasteiger partial charge in [0.2, 0.25) is 17.5 Å². The number of nitriles is 1. The Morgan fingerprint density at radius 1 is 1.50 bits per heavy atom. The zero-order valence-corrected chi connectivity index (χ0v) is 10.2. The van der Waals surface area contributed by atoms with Crippen molar-refractivity contribution in [2.24, 2.45) is 0 Å². The second-order valence-electron chi connectivity index (χ2n) is 2.97. The third-order valence-corrected chi connectivity index (χ3v) is 2.84. The Bertz CT molecular complexity index is 588. The van der Waals surface area contributed by atoms with Crippen LogP contribution in [0.5, 0.6) is 0 Å². The van der Waals surface area contributed by atoms with E-state index in [4.69, 9.17) is 27.0 Å². The third kappa shape index (κ3) is 1.90. The summed E-state index contributed by atoms with van der Waals surface area (Å²) in [7, 11) is 0. The lowest BCUT2D eigenvalue weighted by molar-refractivity contribution is 0.593. The molecule has 0 spiro atoms. The Morgan fingerprint density at radius 3 is 2.88 bits per heavy atom. The average Bonchev–Trinajstić information content (AvgIpc) is 2.63. The molecular weight excluding hydrogens is 293 g/mol. The van der Waals surface area contributed by atoms with E-state index in [1.807, 2.05) is 6.07 Å². The zero-order valence-electron chi connectivity index (χ0n) is 7.87. The Kier molecular flexibility index (Phi) is 2.86. The molecule has 0 saturated carbocycles. The predicted octanol–water partition coefficient (Wildman–Crippen LogP) is 3.21. The van der Waals surface area contributed by atoms with Gasteiger partial charge < -0.3 is 10.2 Å². The normalized spacial score (nSPS) is 10.1. The number of hydrogen-bond donors (Lipinski definition) is 1. The van der Waals surface area contributed by atoms with Gasteiger partial charge in [0.25, 0.3) is 0 Å². The molecule has 16 heavy (non-hydrogen) atoms. The number of aromatic nitrogens is 1. The van der Waals surface area contributed by atoms with Crippen molar-refractivity contribution >= 4 is 33.4 Å². The van der Waals surface area contributed by atoms with E-state index in [0.29, 0.717) is 10.6 Å². The van der Waals surface area contributed by atoms with Crippen molar-refractivity contribution in [2.45, 2.75) is 0 Å². The van der Waals surface area contributed by atoms with Gasteiger partial charge in [-0.25, -0.2) is 0 Å². The van der Waals surface area contributed by atoms with Gasteiger partial charge in [0.1, 0.15) is 6.07 Å². The highest BCUT2D eigenvalue weighted by atomic mass is 79.9. The summed E-state index contributed by atoms with van der Waals surface area (Å²) in [6.45, 7) is 0. The van der Waals surface area contributed by atoms with Gasteiger partial charge in [-0.2, -0.15) is 10.2 Å². The molecule has 0 aliphatic carbocycles. The molecule has 0 saturated heterocycles. The van der Waals surface area contributed by atoms with Crippen molar-refractivity contribution in [3.63, 3.8) is 0 Å². The second-order valence-corrected chi connectivity index (χ2v) is 4.26. The molecule has 0 aliphatic heterocycles. The number of oxazole rings is 1. The van der Waals surface area contributed by atoms with Crippen LogP contribution in [-0.4, -0.2) is 4.98 Å². The van der Waals surface area contributed by atoms with Crippen LogP contribution in [0.25, 0.3) is 11.5 Å².